The molecule has 0 atom stereocenters. The normalized spacial score (nSPS) is 15.3. The lowest BCUT2D eigenvalue weighted by molar-refractivity contribution is 0.579. The molecule has 0 amide bonds. The van der Waals surface area contributed by atoms with Gasteiger partial charge in [0.05, 0.1) is 0 Å². The molecule has 7 nitrogen and oxygen atoms in total. The van der Waals surface area contributed by atoms with Gasteiger partial charge in [0.25, 0.3) is 0 Å². The van der Waals surface area contributed by atoms with E-state index in [4.69, 9.17) is 16.1 Å². The lowest BCUT2D eigenvalue weighted by atomic mass is 9.92. The zero-order valence-electron chi connectivity index (χ0n) is 22.2. The van der Waals surface area contributed by atoms with Crippen LogP contribution in [-0.2, 0) is 0 Å². The fourth-order valence-corrected chi connectivity index (χ4v) is 4.34. The van der Waals surface area contributed by atoms with Crippen LogP contribution >= 0.6 is 11.8 Å². The van der Waals surface area contributed by atoms with E-state index in [9.17, 15) is 8.78 Å². The average molecular weight is 528 g/mol. The van der Waals surface area contributed by atoms with Crippen molar-refractivity contribution in [1.82, 2.24) is 10.2 Å². The van der Waals surface area contributed by atoms with E-state index < -0.39 is 11.6 Å². The number of nitrogens with zero attached hydrogens (tertiary/aromatic N) is 3. The van der Waals surface area contributed by atoms with Crippen molar-refractivity contribution in [2.24, 2.45) is 22.6 Å². The molecule has 1 aliphatic rings. The highest BCUT2D eigenvalue weighted by atomic mass is 32.2. The molecular weight excluding hydrogens is 492 g/mol. The fourth-order valence-electron chi connectivity index (χ4n) is 3.89. The lowest BCUT2D eigenvalue weighted by Gasteiger charge is -2.23. The van der Waals surface area contributed by atoms with Crippen LogP contribution < -0.4 is 16.0 Å². The first-order valence-electron chi connectivity index (χ1n) is 12.0. The number of amidine groups is 1. The number of allylic oxidation sites excluding steroid dienone is 4. The van der Waals surface area contributed by atoms with Crippen molar-refractivity contribution in [2.45, 2.75) is 45.4 Å². The summed E-state index contributed by atoms with van der Waals surface area (Å²) in [6, 6.07) is 4.45. The molecule has 198 valence electrons. The Labute approximate surface area is 221 Å². The van der Waals surface area contributed by atoms with E-state index in [-0.39, 0.29) is 17.5 Å². The second-order valence-corrected chi connectivity index (χ2v) is 10.3. The van der Waals surface area contributed by atoms with Crippen LogP contribution in [0.25, 0.3) is 0 Å². The Morgan fingerprint density at radius 3 is 2.41 bits per heavy atom. The van der Waals surface area contributed by atoms with Gasteiger partial charge in [-0.15, -0.1) is 11.8 Å². The highest BCUT2D eigenvalue weighted by molar-refractivity contribution is 7.98. The van der Waals surface area contributed by atoms with Crippen LogP contribution in [0, 0.1) is 35.8 Å². The van der Waals surface area contributed by atoms with Gasteiger partial charge in [-0.1, -0.05) is 20.4 Å². The van der Waals surface area contributed by atoms with Crippen molar-refractivity contribution < 1.29 is 8.78 Å². The molecule has 1 heterocycles. The number of nitrogens with two attached hydrogens (primary N) is 1. The Hall–Kier alpha value is -3.40. The van der Waals surface area contributed by atoms with Gasteiger partial charge >= 0.3 is 0 Å². The van der Waals surface area contributed by atoms with E-state index in [0.29, 0.717) is 39.2 Å². The molecular formula is C27H35F2N7S. The third-order valence-electron chi connectivity index (χ3n) is 6.24. The Balaban J connectivity index is 2.17. The number of nitrogens with one attached hydrogen (secondary N) is 3. The summed E-state index contributed by atoms with van der Waals surface area (Å²) in [6.07, 6.45) is 4.84. The number of benzene rings is 1. The maximum atomic E-state index is 14.9. The maximum absolute atomic E-state index is 14.9. The van der Waals surface area contributed by atoms with Crippen molar-refractivity contribution in [3.63, 3.8) is 0 Å². The fraction of sp³-hybridized carbons (Fsp3) is 0.370. The largest absolute Gasteiger partial charge is 0.401 e. The van der Waals surface area contributed by atoms with Gasteiger partial charge in [-0.25, -0.2) is 13.8 Å². The number of aromatic nitrogens is 2. The molecule has 10 heteroatoms. The van der Waals surface area contributed by atoms with E-state index in [1.807, 2.05) is 26.8 Å². The van der Waals surface area contributed by atoms with Crippen LogP contribution in [0.15, 0.2) is 62.9 Å². The number of thioether (sulfide) groups is 1. The van der Waals surface area contributed by atoms with Gasteiger partial charge < -0.3 is 21.4 Å². The van der Waals surface area contributed by atoms with Crippen LogP contribution in [0.4, 0.5) is 20.3 Å². The van der Waals surface area contributed by atoms with Crippen molar-refractivity contribution in [1.29, 1.82) is 5.41 Å². The highest BCUT2D eigenvalue weighted by Crippen LogP contribution is 2.44. The third-order valence-corrected chi connectivity index (χ3v) is 6.95. The van der Waals surface area contributed by atoms with Crippen molar-refractivity contribution in [3.05, 3.63) is 70.3 Å². The van der Waals surface area contributed by atoms with Crippen LogP contribution in [0.1, 0.15) is 39.3 Å². The molecule has 1 fully saturated rings. The summed E-state index contributed by atoms with van der Waals surface area (Å²) in [5.74, 6) is 0.165. The van der Waals surface area contributed by atoms with Gasteiger partial charge in [-0.3, -0.25) is 5.10 Å². The molecule has 1 aromatic carbocycles. The molecule has 37 heavy (non-hydrogen) atoms. The molecule has 0 aliphatic heterocycles. The predicted octanol–water partition coefficient (Wildman–Crippen LogP) is 6.38. The zero-order valence-corrected chi connectivity index (χ0v) is 23.0. The van der Waals surface area contributed by atoms with Gasteiger partial charge in [0.1, 0.15) is 17.3 Å². The maximum Gasteiger partial charge on any atom is 0.153 e. The number of H-pyrrole nitrogens is 1. The van der Waals surface area contributed by atoms with Crippen LogP contribution in [-0.4, -0.2) is 35.6 Å². The van der Waals surface area contributed by atoms with Gasteiger partial charge in [-0.2, -0.15) is 5.10 Å². The quantitative estimate of drug-likeness (QED) is 0.124. The molecule has 0 radical (unpaired) electrons. The summed E-state index contributed by atoms with van der Waals surface area (Å²) < 4.78 is 29.8. The Morgan fingerprint density at radius 1 is 1.32 bits per heavy atom. The minimum absolute atomic E-state index is 0.0192. The summed E-state index contributed by atoms with van der Waals surface area (Å²) in [5.41, 5.74) is 9.51. The number of aromatic amines is 1. The van der Waals surface area contributed by atoms with E-state index in [1.54, 1.807) is 20.2 Å². The molecule has 3 rings (SSSR count). The molecule has 5 N–H and O–H groups in total. The smallest absolute Gasteiger partial charge is 0.153 e. The zero-order chi connectivity index (χ0) is 27.4. The Morgan fingerprint density at radius 2 is 1.95 bits per heavy atom. The van der Waals surface area contributed by atoms with E-state index in [0.717, 1.165) is 24.1 Å². The predicted molar refractivity (Wildman–Crippen MR) is 150 cm³/mol. The van der Waals surface area contributed by atoms with Crippen molar-refractivity contribution in [3.8, 4) is 0 Å². The summed E-state index contributed by atoms with van der Waals surface area (Å²) in [5, 5.41) is 18.5. The minimum atomic E-state index is -0.673. The second kappa shape index (κ2) is 11.8. The first-order chi connectivity index (χ1) is 17.5. The summed E-state index contributed by atoms with van der Waals surface area (Å²) in [4.78, 5) is 6.69. The highest BCUT2D eigenvalue weighted by Gasteiger charge is 2.32. The monoisotopic (exact) mass is 527 g/mol. The molecule has 1 saturated carbocycles. The molecule has 0 saturated heterocycles. The molecule has 0 spiro atoms. The van der Waals surface area contributed by atoms with E-state index >= 15 is 0 Å². The number of halogens is 2. The Kier molecular flexibility index (Phi) is 8.96. The number of hydrogen-bond donors (Lipinski definition) is 4. The first-order valence-corrected chi connectivity index (χ1v) is 13.3. The molecule has 1 aliphatic carbocycles. The lowest BCUT2D eigenvalue weighted by Crippen LogP contribution is -2.26. The third kappa shape index (κ3) is 6.49. The molecule has 2 aromatic rings. The molecule has 0 bridgehead atoms. The first kappa shape index (κ1) is 28.2. The van der Waals surface area contributed by atoms with Crippen LogP contribution in [0.5, 0.6) is 0 Å². The molecule has 1 aromatic heterocycles. The number of anilines is 2. The number of aliphatic imine (C=N–C) groups is 1. The summed E-state index contributed by atoms with van der Waals surface area (Å²) >= 11 is 1.27. The molecule has 0 unspecified atom stereocenters. The van der Waals surface area contributed by atoms with E-state index in [2.05, 4.69) is 22.1 Å². The number of hydrogen-bond acceptors (Lipinski definition) is 6. The van der Waals surface area contributed by atoms with Crippen LogP contribution in [0.2, 0.25) is 0 Å². The van der Waals surface area contributed by atoms with Gasteiger partial charge in [0, 0.05) is 46.8 Å². The summed E-state index contributed by atoms with van der Waals surface area (Å²) in [7, 11) is 1.57. The topological polar surface area (TPSA) is 106 Å². The van der Waals surface area contributed by atoms with Crippen LogP contribution in [0.3, 0.4) is 0 Å². The van der Waals surface area contributed by atoms with Gasteiger partial charge in [0.2, 0.25) is 0 Å². The number of rotatable bonds is 10. The van der Waals surface area contributed by atoms with Gasteiger partial charge in [0.15, 0.2) is 17.5 Å². The second-order valence-electron chi connectivity index (χ2n) is 9.40. The average Bonchev–Trinajstić information content (AvgIpc) is 3.58. The standard InChI is InChI=1S/C27H35F2N7S/c1-14(2)25(31)20(13-30)16(4)24(18-8-9-18)27(33-23-10-15(3)34-35-23)32-17(5)36(6)26-21(28)11-19(37-7)12-22(26)29/h10-14,18,30H,4,8-9,31H2,1-3,5-7H3,(H2,33,34,35)/b25-20+,27-24-,30-13?,32-17+. The SMILES string of the molecule is C=C(/C(C=N)=C(/N)C(C)C)/C(=C(\N=C(/C)N(C)c1c(F)cc(SC)cc1F)Nc1cc(C)[nH]n1)C1CC1. The summed E-state index contributed by atoms with van der Waals surface area (Å²) in [6.45, 7) is 11.8. The minimum Gasteiger partial charge on any atom is -0.401 e. The Bertz CT molecular complexity index is 1260. The number of aryl methyl sites for hydroxylation is 1. The van der Waals surface area contributed by atoms with Gasteiger partial charge in [-0.05, 0) is 62.5 Å². The van der Waals surface area contributed by atoms with Crippen molar-refractivity contribution in [2.75, 3.05) is 23.5 Å². The van der Waals surface area contributed by atoms with E-state index in [1.165, 1.54) is 35.0 Å². The van der Waals surface area contributed by atoms with Crippen molar-refractivity contribution >= 4 is 35.3 Å².